The van der Waals surface area contributed by atoms with Crippen LogP contribution in [0.3, 0.4) is 0 Å². The van der Waals surface area contributed by atoms with Crippen molar-refractivity contribution in [2.24, 2.45) is 11.0 Å². The molecule has 0 aliphatic heterocycles. The van der Waals surface area contributed by atoms with Gasteiger partial charge in [-0.05, 0) is 43.0 Å². The zero-order valence-corrected chi connectivity index (χ0v) is 12.4. The van der Waals surface area contributed by atoms with E-state index in [1.807, 2.05) is 6.21 Å². The van der Waals surface area contributed by atoms with Gasteiger partial charge in [-0.25, -0.2) is 5.43 Å². The first-order chi connectivity index (χ1) is 10.3. The molecule has 0 radical (unpaired) electrons. The van der Waals surface area contributed by atoms with Crippen LogP contribution in [0, 0.1) is 5.92 Å². The molecule has 5 nitrogen and oxygen atoms in total. The summed E-state index contributed by atoms with van der Waals surface area (Å²) in [6.07, 6.45) is 8.01. The van der Waals surface area contributed by atoms with Crippen LogP contribution in [0.1, 0.15) is 32.1 Å². The van der Waals surface area contributed by atoms with Crippen molar-refractivity contribution >= 4 is 12.1 Å². The standard InChI is InChI=1S/C16H22N2O3/c1-20-14-7-9-15(10-8-14)21-12-16(19)18-17-11-13-5-3-2-4-6-13/h7-11,13H,2-6,12H2,1H3,(H,18,19)/b17-11-. The molecule has 0 aromatic heterocycles. The van der Waals surface area contributed by atoms with Crippen LogP contribution < -0.4 is 14.9 Å². The lowest BCUT2D eigenvalue weighted by Crippen LogP contribution is -2.25. The molecule has 1 amide bonds. The van der Waals surface area contributed by atoms with Crippen LogP contribution in [0.2, 0.25) is 0 Å². The van der Waals surface area contributed by atoms with Gasteiger partial charge < -0.3 is 9.47 Å². The first-order valence-corrected chi connectivity index (χ1v) is 7.37. The number of hydrogen-bond donors (Lipinski definition) is 1. The molecule has 1 aromatic carbocycles. The number of carbonyl (C=O) groups is 1. The molecule has 1 aromatic rings. The molecule has 1 N–H and O–H groups in total. The van der Waals surface area contributed by atoms with Gasteiger partial charge in [0.05, 0.1) is 7.11 Å². The molecule has 114 valence electrons. The van der Waals surface area contributed by atoms with Crippen molar-refractivity contribution in [3.05, 3.63) is 24.3 Å². The van der Waals surface area contributed by atoms with Crippen LogP contribution in [0.5, 0.6) is 11.5 Å². The van der Waals surface area contributed by atoms with E-state index in [1.165, 1.54) is 32.1 Å². The van der Waals surface area contributed by atoms with Gasteiger partial charge in [-0.3, -0.25) is 4.79 Å². The van der Waals surface area contributed by atoms with Crippen molar-refractivity contribution in [1.29, 1.82) is 0 Å². The second-order valence-corrected chi connectivity index (χ2v) is 5.18. The molecule has 0 spiro atoms. The number of nitrogens with zero attached hydrogens (tertiary/aromatic N) is 1. The average molecular weight is 290 g/mol. The zero-order valence-electron chi connectivity index (χ0n) is 12.4. The van der Waals surface area contributed by atoms with Gasteiger partial charge in [-0.1, -0.05) is 19.3 Å². The van der Waals surface area contributed by atoms with Gasteiger partial charge in [0.2, 0.25) is 0 Å². The molecule has 1 aliphatic carbocycles. The minimum atomic E-state index is -0.252. The van der Waals surface area contributed by atoms with E-state index in [9.17, 15) is 4.79 Å². The molecule has 0 bridgehead atoms. The molecule has 2 rings (SSSR count). The fraction of sp³-hybridized carbons (Fsp3) is 0.500. The van der Waals surface area contributed by atoms with Crippen molar-refractivity contribution in [2.75, 3.05) is 13.7 Å². The van der Waals surface area contributed by atoms with Crippen molar-refractivity contribution in [1.82, 2.24) is 5.43 Å². The van der Waals surface area contributed by atoms with E-state index in [0.29, 0.717) is 11.7 Å². The highest BCUT2D eigenvalue weighted by Crippen LogP contribution is 2.21. The predicted molar refractivity (Wildman–Crippen MR) is 81.7 cm³/mol. The monoisotopic (exact) mass is 290 g/mol. The summed E-state index contributed by atoms with van der Waals surface area (Å²) in [5, 5.41) is 4.01. The van der Waals surface area contributed by atoms with E-state index >= 15 is 0 Å². The highest BCUT2D eigenvalue weighted by atomic mass is 16.5. The minimum absolute atomic E-state index is 0.0473. The third kappa shape index (κ3) is 5.45. The molecule has 0 atom stereocenters. The van der Waals surface area contributed by atoms with Crippen molar-refractivity contribution < 1.29 is 14.3 Å². The van der Waals surface area contributed by atoms with E-state index in [4.69, 9.17) is 9.47 Å². The summed E-state index contributed by atoms with van der Waals surface area (Å²) in [5.74, 6) is 1.63. The van der Waals surface area contributed by atoms with Gasteiger partial charge >= 0.3 is 0 Å². The van der Waals surface area contributed by atoms with Crippen molar-refractivity contribution in [3.8, 4) is 11.5 Å². The Bertz CT molecular complexity index is 465. The summed E-state index contributed by atoms with van der Waals surface area (Å²) in [6, 6.07) is 7.09. The SMILES string of the molecule is COc1ccc(OCC(=O)N/N=C\C2CCCCC2)cc1. The third-order valence-corrected chi connectivity index (χ3v) is 3.55. The number of rotatable bonds is 6. The van der Waals surface area contributed by atoms with Gasteiger partial charge in [-0.2, -0.15) is 5.10 Å². The van der Waals surface area contributed by atoms with E-state index in [0.717, 1.165) is 5.75 Å². The first kappa shape index (κ1) is 15.4. The van der Waals surface area contributed by atoms with E-state index in [2.05, 4.69) is 10.5 Å². The highest BCUT2D eigenvalue weighted by Gasteiger charge is 2.10. The Morgan fingerprint density at radius 1 is 1.24 bits per heavy atom. The summed E-state index contributed by atoms with van der Waals surface area (Å²) < 4.78 is 10.4. The lowest BCUT2D eigenvalue weighted by Gasteiger charge is -2.16. The van der Waals surface area contributed by atoms with E-state index < -0.39 is 0 Å². The molecule has 0 heterocycles. The van der Waals surface area contributed by atoms with Crippen LogP contribution >= 0.6 is 0 Å². The van der Waals surface area contributed by atoms with Crippen LogP contribution in [0.4, 0.5) is 0 Å². The van der Waals surface area contributed by atoms with Crippen LogP contribution in [-0.2, 0) is 4.79 Å². The number of nitrogens with one attached hydrogen (secondary N) is 1. The molecule has 0 unspecified atom stereocenters. The molecule has 21 heavy (non-hydrogen) atoms. The van der Waals surface area contributed by atoms with Crippen molar-refractivity contribution in [3.63, 3.8) is 0 Å². The molecule has 1 aliphatic rings. The zero-order chi connectivity index (χ0) is 14.9. The average Bonchev–Trinajstić information content (AvgIpc) is 2.54. The fourth-order valence-electron chi connectivity index (χ4n) is 2.35. The Balaban J connectivity index is 1.67. The van der Waals surface area contributed by atoms with Crippen LogP contribution in [0.15, 0.2) is 29.4 Å². The smallest absolute Gasteiger partial charge is 0.277 e. The van der Waals surface area contributed by atoms with E-state index in [-0.39, 0.29) is 12.5 Å². The Labute approximate surface area is 125 Å². The maximum Gasteiger partial charge on any atom is 0.277 e. The molecule has 5 heteroatoms. The number of hydrazone groups is 1. The summed E-state index contributed by atoms with van der Waals surface area (Å²) >= 11 is 0. The fourth-order valence-corrected chi connectivity index (χ4v) is 2.35. The van der Waals surface area contributed by atoms with Gasteiger partial charge in [0.25, 0.3) is 5.91 Å². The maximum absolute atomic E-state index is 11.6. The number of carbonyl (C=O) groups excluding carboxylic acids is 1. The number of ether oxygens (including phenoxy) is 2. The second-order valence-electron chi connectivity index (χ2n) is 5.18. The molecular formula is C16H22N2O3. The number of amides is 1. The quantitative estimate of drug-likeness (QED) is 0.647. The molecular weight excluding hydrogens is 268 g/mol. The van der Waals surface area contributed by atoms with Gasteiger partial charge in [0.15, 0.2) is 6.61 Å². The largest absolute Gasteiger partial charge is 0.497 e. The normalized spacial score (nSPS) is 15.9. The lowest BCUT2D eigenvalue weighted by molar-refractivity contribution is -0.123. The van der Waals surface area contributed by atoms with Gasteiger partial charge in [0.1, 0.15) is 11.5 Å². The highest BCUT2D eigenvalue weighted by molar-refractivity contribution is 5.78. The first-order valence-electron chi connectivity index (χ1n) is 7.37. The van der Waals surface area contributed by atoms with Gasteiger partial charge in [0, 0.05) is 6.21 Å². The van der Waals surface area contributed by atoms with Crippen molar-refractivity contribution in [2.45, 2.75) is 32.1 Å². The predicted octanol–water partition coefficient (Wildman–Crippen LogP) is 2.76. The van der Waals surface area contributed by atoms with Crippen LogP contribution in [0.25, 0.3) is 0 Å². The topological polar surface area (TPSA) is 59.9 Å². The Kier molecular flexibility index (Phi) is 6.06. The Hall–Kier alpha value is -2.04. The number of hydrogen-bond acceptors (Lipinski definition) is 4. The molecule has 0 saturated heterocycles. The Morgan fingerprint density at radius 2 is 1.90 bits per heavy atom. The number of methoxy groups -OCH3 is 1. The van der Waals surface area contributed by atoms with E-state index in [1.54, 1.807) is 31.4 Å². The minimum Gasteiger partial charge on any atom is -0.497 e. The number of benzene rings is 1. The van der Waals surface area contributed by atoms with Crippen LogP contribution in [-0.4, -0.2) is 25.8 Å². The molecule has 1 saturated carbocycles. The third-order valence-electron chi connectivity index (χ3n) is 3.55. The second kappa shape index (κ2) is 8.29. The summed E-state index contributed by atoms with van der Waals surface area (Å²) in [5.41, 5.74) is 2.50. The summed E-state index contributed by atoms with van der Waals surface area (Å²) in [4.78, 5) is 11.6. The van der Waals surface area contributed by atoms with Gasteiger partial charge in [-0.15, -0.1) is 0 Å². The molecule has 1 fully saturated rings. The maximum atomic E-state index is 11.6. The Morgan fingerprint density at radius 3 is 2.57 bits per heavy atom. The lowest BCUT2D eigenvalue weighted by atomic mass is 9.90. The summed E-state index contributed by atoms with van der Waals surface area (Å²) in [7, 11) is 1.60. The summed E-state index contributed by atoms with van der Waals surface area (Å²) in [6.45, 7) is -0.0473.